The summed E-state index contributed by atoms with van der Waals surface area (Å²) in [4.78, 5) is 35.9. The molecule has 1 unspecified atom stereocenters. The number of piperidine rings is 1. The van der Waals surface area contributed by atoms with Crippen LogP contribution >= 0.6 is 0 Å². The third kappa shape index (κ3) is 3.63. The van der Waals surface area contributed by atoms with E-state index in [1.54, 1.807) is 21.1 Å². The summed E-state index contributed by atoms with van der Waals surface area (Å²) in [5.74, 6) is 1.09. The first kappa shape index (κ1) is 21.6. The van der Waals surface area contributed by atoms with E-state index in [0.29, 0.717) is 40.8 Å². The maximum absolute atomic E-state index is 13.7. The number of aromatic nitrogens is 3. The van der Waals surface area contributed by atoms with E-state index in [1.165, 1.54) is 6.20 Å². The minimum absolute atomic E-state index is 0.0911. The van der Waals surface area contributed by atoms with Gasteiger partial charge in [0.25, 0.3) is 11.8 Å². The summed E-state index contributed by atoms with van der Waals surface area (Å²) >= 11 is 0. The van der Waals surface area contributed by atoms with E-state index in [1.807, 2.05) is 34.7 Å². The molecule has 1 aromatic carbocycles. The van der Waals surface area contributed by atoms with Crippen LogP contribution in [0.2, 0.25) is 0 Å². The lowest BCUT2D eigenvalue weighted by Gasteiger charge is -2.35. The van der Waals surface area contributed by atoms with Crippen molar-refractivity contribution in [1.82, 2.24) is 19.4 Å². The Kier molecular flexibility index (Phi) is 5.73. The van der Waals surface area contributed by atoms with Crippen molar-refractivity contribution in [1.29, 1.82) is 0 Å². The van der Waals surface area contributed by atoms with E-state index in [9.17, 15) is 9.59 Å². The number of hydrogen-bond acceptors (Lipinski definition) is 6. The van der Waals surface area contributed by atoms with Gasteiger partial charge in [-0.15, -0.1) is 0 Å². The highest BCUT2D eigenvalue weighted by Crippen LogP contribution is 2.35. The van der Waals surface area contributed by atoms with Crippen molar-refractivity contribution in [3.63, 3.8) is 0 Å². The number of nitrogens with zero attached hydrogens (tertiary/aromatic N) is 4. The van der Waals surface area contributed by atoms with Crippen LogP contribution in [0.3, 0.4) is 0 Å². The summed E-state index contributed by atoms with van der Waals surface area (Å²) in [6.45, 7) is 2.34. The van der Waals surface area contributed by atoms with E-state index in [4.69, 9.17) is 15.2 Å². The van der Waals surface area contributed by atoms with Crippen molar-refractivity contribution in [3.05, 3.63) is 47.2 Å². The molecule has 3 aromatic rings. The number of primary amides is 1. The quantitative estimate of drug-likeness (QED) is 0.657. The minimum atomic E-state index is -0.563. The van der Waals surface area contributed by atoms with Crippen molar-refractivity contribution >= 4 is 22.7 Å². The van der Waals surface area contributed by atoms with Crippen molar-refractivity contribution in [2.24, 2.45) is 12.8 Å². The molecule has 1 atom stereocenters. The number of likely N-dealkylation sites (tertiary alicyclic amines) is 1. The molecule has 3 heterocycles. The van der Waals surface area contributed by atoms with Gasteiger partial charge in [-0.25, -0.2) is 9.97 Å². The van der Waals surface area contributed by atoms with Gasteiger partial charge in [0.2, 0.25) is 0 Å². The molecule has 1 saturated heterocycles. The highest BCUT2D eigenvalue weighted by atomic mass is 16.5. The fourth-order valence-electron chi connectivity index (χ4n) is 4.35. The SMILES string of the molecule is COc1cc2cc(C(=O)N3CCCCC3c3ncc(C(N)=O)c(C)n3)n(C)c2cc1OC. The smallest absolute Gasteiger partial charge is 0.271 e. The van der Waals surface area contributed by atoms with E-state index in [2.05, 4.69) is 9.97 Å². The molecular weight excluding hydrogens is 410 g/mol. The Labute approximate surface area is 186 Å². The van der Waals surface area contributed by atoms with Crippen LogP contribution in [-0.4, -0.2) is 52.0 Å². The van der Waals surface area contributed by atoms with E-state index in [0.717, 1.165) is 30.2 Å². The number of amides is 2. The normalized spacial score (nSPS) is 16.2. The number of nitrogens with two attached hydrogens (primary N) is 1. The molecule has 1 aliphatic rings. The Morgan fingerprint density at radius 3 is 2.50 bits per heavy atom. The average Bonchev–Trinajstić information content (AvgIpc) is 3.12. The van der Waals surface area contributed by atoms with Gasteiger partial charge in [-0.2, -0.15) is 0 Å². The van der Waals surface area contributed by atoms with Crippen LogP contribution in [0.4, 0.5) is 0 Å². The number of carbonyl (C=O) groups is 2. The molecule has 0 bridgehead atoms. The van der Waals surface area contributed by atoms with Crippen LogP contribution < -0.4 is 15.2 Å². The van der Waals surface area contributed by atoms with Crippen LogP contribution in [0.25, 0.3) is 10.9 Å². The van der Waals surface area contributed by atoms with Gasteiger partial charge < -0.3 is 24.7 Å². The molecule has 0 spiro atoms. The van der Waals surface area contributed by atoms with Gasteiger partial charge in [-0.3, -0.25) is 9.59 Å². The van der Waals surface area contributed by atoms with Crippen molar-refractivity contribution in [2.45, 2.75) is 32.2 Å². The zero-order chi connectivity index (χ0) is 23.0. The molecule has 2 amide bonds. The van der Waals surface area contributed by atoms with Gasteiger partial charge in [0, 0.05) is 31.2 Å². The molecule has 0 radical (unpaired) electrons. The van der Waals surface area contributed by atoms with Crippen LogP contribution in [0.5, 0.6) is 11.5 Å². The first-order valence-corrected chi connectivity index (χ1v) is 10.5. The summed E-state index contributed by atoms with van der Waals surface area (Å²) in [7, 11) is 5.04. The fourth-order valence-corrected chi connectivity index (χ4v) is 4.35. The first-order chi connectivity index (χ1) is 15.3. The molecule has 9 nitrogen and oxygen atoms in total. The second-order valence-electron chi connectivity index (χ2n) is 7.96. The Bertz CT molecular complexity index is 1200. The van der Waals surface area contributed by atoms with Gasteiger partial charge in [-0.05, 0) is 38.3 Å². The lowest BCUT2D eigenvalue weighted by molar-refractivity contribution is 0.0589. The first-order valence-electron chi connectivity index (χ1n) is 10.5. The molecule has 0 saturated carbocycles. The van der Waals surface area contributed by atoms with E-state index in [-0.39, 0.29) is 11.9 Å². The number of fused-ring (bicyclic) bond motifs is 1. The summed E-state index contributed by atoms with van der Waals surface area (Å²) in [6.07, 6.45) is 4.09. The Hall–Kier alpha value is -3.62. The Balaban J connectivity index is 1.72. The predicted octanol–water partition coefficient (Wildman–Crippen LogP) is 2.76. The number of benzene rings is 1. The van der Waals surface area contributed by atoms with Crippen molar-refractivity contribution in [2.75, 3.05) is 20.8 Å². The molecular formula is C23H27N5O4. The van der Waals surface area contributed by atoms with Gasteiger partial charge in [0.05, 0.1) is 37.0 Å². The second kappa shape index (κ2) is 8.49. The van der Waals surface area contributed by atoms with Gasteiger partial charge >= 0.3 is 0 Å². The molecule has 32 heavy (non-hydrogen) atoms. The minimum Gasteiger partial charge on any atom is -0.493 e. The zero-order valence-electron chi connectivity index (χ0n) is 18.7. The molecule has 4 rings (SSSR count). The van der Waals surface area contributed by atoms with Crippen LogP contribution in [0.1, 0.15) is 57.7 Å². The third-order valence-electron chi connectivity index (χ3n) is 6.09. The third-order valence-corrected chi connectivity index (χ3v) is 6.09. The number of hydrogen-bond donors (Lipinski definition) is 1. The number of ether oxygens (including phenoxy) is 2. The van der Waals surface area contributed by atoms with Gasteiger partial charge in [0.1, 0.15) is 5.69 Å². The molecule has 9 heteroatoms. The summed E-state index contributed by atoms with van der Waals surface area (Å²) in [5.41, 5.74) is 7.63. The standard InChI is InChI=1S/C23H27N5O4/c1-13-15(21(24)29)12-25-22(26-13)16-7-5-6-8-28(16)23(30)18-9-14-10-19(31-3)20(32-4)11-17(14)27(18)2/h9-12,16H,5-8H2,1-4H3,(H2,24,29). The molecule has 0 aliphatic carbocycles. The molecule has 2 aromatic heterocycles. The Morgan fingerprint density at radius 1 is 1.12 bits per heavy atom. The summed E-state index contributed by atoms with van der Waals surface area (Å²) in [5, 5.41) is 0.889. The van der Waals surface area contributed by atoms with E-state index >= 15 is 0 Å². The van der Waals surface area contributed by atoms with Crippen LogP contribution in [-0.2, 0) is 7.05 Å². The molecule has 1 aliphatic heterocycles. The molecule has 1 fully saturated rings. The zero-order valence-corrected chi connectivity index (χ0v) is 18.7. The van der Waals surface area contributed by atoms with E-state index < -0.39 is 5.91 Å². The monoisotopic (exact) mass is 437 g/mol. The fraction of sp³-hybridized carbons (Fsp3) is 0.391. The highest BCUT2D eigenvalue weighted by molar-refractivity contribution is 5.99. The number of aryl methyl sites for hydroxylation is 2. The van der Waals surface area contributed by atoms with Crippen LogP contribution in [0, 0.1) is 6.92 Å². The van der Waals surface area contributed by atoms with Crippen molar-refractivity contribution < 1.29 is 19.1 Å². The van der Waals surface area contributed by atoms with Crippen LogP contribution in [0.15, 0.2) is 24.4 Å². The maximum Gasteiger partial charge on any atom is 0.271 e. The lowest BCUT2D eigenvalue weighted by atomic mass is 10.0. The summed E-state index contributed by atoms with van der Waals surface area (Å²) in [6, 6.07) is 5.34. The number of carbonyl (C=O) groups excluding carboxylic acids is 2. The van der Waals surface area contributed by atoms with Gasteiger partial charge in [0.15, 0.2) is 17.3 Å². The largest absolute Gasteiger partial charge is 0.493 e. The van der Waals surface area contributed by atoms with Gasteiger partial charge in [-0.1, -0.05) is 0 Å². The molecule has 168 valence electrons. The summed E-state index contributed by atoms with van der Waals surface area (Å²) < 4.78 is 12.7. The lowest BCUT2D eigenvalue weighted by Crippen LogP contribution is -2.40. The maximum atomic E-state index is 13.7. The number of rotatable bonds is 5. The highest BCUT2D eigenvalue weighted by Gasteiger charge is 2.32. The second-order valence-corrected chi connectivity index (χ2v) is 7.96. The Morgan fingerprint density at radius 2 is 1.84 bits per heavy atom. The van der Waals surface area contributed by atoms with Crippen molar-refractivity contribution in [3.8, 4) is 11.5 Å². The predicted molar refractivity (Wildman–Crippen MR) is 119 cm³/mol. The number of methoxy groups -OCH3 is 2. The average molecular weight is 438 g/mol. The topological polar surface area (TPSA) is 113 Å². The molecule has 2 N–H and O–H groups in total.